The maximum atomic E-state index is 11.6. The summed E-state index contributed by atoms with van der Waals surface area (Å²) in [5.41, 5.74) is 2.94. The predicted octanol–water partition coefficient (Wildman–Crippen LogP) is 7.16. The summed E-state index contributed by atoms with van der Waals surface area (Å²) in [5.74, 6) is 0.452. The van der Waals surface area contributed by atoms with Crippen molar-refractivity contribution < 1.29 is 33.3 Å². The zero-order valence-electron chi connectivity index (χ0n) is 24.9. The van der Waals surface area contributed by atoms with E-state index in [1.165, 1.54) is 0 Å². The summed E-state index contributed by atoms with van der Waals surface area (Å²) in [7, 11) is 0. The highest BCUT2D eigenvalue weighted by Gasteiger charge is 2.23. The average molecular weight is 571 g/mol. The number of esters is 3. The van der Waals surface area contributed by atoms with Crippen molar-refractivity contribution in [2.45, 2.75) is 40.0 Å². The molecular weight excluding hydrogens is 532 g/mol. The highest BCUT2D eigenvalue weighted by molar-refractivity contribution is 5.89. The Balaban J connectivity index is 0.000000347. The van der Waals surface area contributed by atoms with Crippen molar-refractivity contribution in [2.75, 3.05) is 13.2 Å². The number of carbonyl (C=O) groups is 3. The lowest BCUT2D eigenvalue weighted by atomic mass is 9.78. The fourth-order valence-corrected chi connectivity index (χ4v) is 3.37. The number of ether oxygens (including phenoxy) is 4. The topological polar surface area (TPSA) is 88.1 Å². The van der Waals surface area contributed by atoms with Crippen LogP contribution in [0.25, 0.3) is 0 Å². The van der Waals surface area contributed by atoms with Gasteiger partial charge in [-0.05, 0) is 68.3 Å². The van der Waals surface area contributed by atoms with Gasteiger partial charge in [-0.1, -0.05) is 76.0 Å². The van der Waals surface area contributed by atoms with Crippen LogP contribution in [-0.4, -0.2) is 31.1 Å². The summed E-state index contributed by atoms with van der Waals surface area (Å²) in [6.07, 6.45) is 0. The van der Waals surface area contributed by atoms with Gasteiger partial charge in [0.1, 0.15) is 30.5 Å². The zero-order valence-corrected chi connectivity index (χ0v) is 24.9. The first-order chi connectivity index (χ1) is 19.8. The van der Waals surface area contributed by atoms with Crippen LogP contribution in [0.15, 0.2) is 115 Å². The molecule has 3 aromatic rings. The van der Waals surface area contributed by atoms with Crippen molar-refractivity contribution in [3.8, 4) is 17.2 Å². The number of hydrogen-bond acceptors (Lipinski definition) is 7. The molecule has 0 saturated carbocycles. The minimum Gasteiger partial charge on any atom is -0.490 e. The molecule has 0 aromatic heterocycles. The molecule has 42 heavy (non-hydrogen) atoms. The summed E-state index contributed by atoms with van der Waals surface area (Å²) < 4.78 is 20.6. The Kier molecular flexibility index (Phi) is 12.5. The molecule has 0 unspecified atom stereocenters. The first-order valence-electron chi connectivity index (χ1n) is 13.3. The molecule has 3 aromatic carbocycles. The second-order valence-corrected chi connectivity index (χ2v) is 10.1. The first-order valence-corrected chi connectivity index (χ1v) is 13.3. The maximum Gasteiger partial charge on any atom is 0.338 e. The highest BCUT2D eigenvalue weighted by atomic mass is 16.6. The van der Waals surface area contributed by atoms with E-state index in [9.17, 15) is 14.4 Å². The molecule has 0 saturated heterocycles. The van der Waals surface area contributed by atoms with Gasteiger partial charge in [-0.15, -0.1) is 0 Å². The van der Waals surface area contributed by atoms with E-state index in [0.717, 1.165) is 16.9 Å². The predicted molar refractivity (Wildman–Crippen MR) is 164 cm³/mol. The van der Waals surface area contributed by atoms with Crippen molar-refractivity contribution in [1.82, 2.24) is 0 Å². The van der Waals surface area contributed by atoms with E-state index < -0.39 is 11.9 Å². The fourth-order valence-electron chi connectivity index (χ4n) is 3.37. The molecule has 7 heteroatoms. The van der Waals surface area contributed by atoms with E-state index in [0.29, 0.717) is 34.8 Å². The van der Waals surface area contributed by atoms with Gasteiger partial charge in [-0.3, -0.25) is 0 Å². The van der Waals surface area contributed by atoms with Crippen LogP contribution in [0.5, 0.6) is 17.2 Å². The van der Waals surface area contributed by atoms with E-state index in [4.69, 9.17) is 18.9 Å². The summed E-state index contributed by atoms with van der Waals surface area (Å²) in [6, 6.07) is 24.1. The second kappa shape index (κ2) is 15.8. The van der Waals surface area contributed by atoms with Gasteiger partial charge in [-0.25, -0.2) is 14.4 Å². The third-order valence-electron chi connectivity index (χ3n) is 5.95. The molecule has 3 rings (SSSR count). The van der Waals surface area contributed by atoms with E-state index in [-0.39, 0.29) is 18.0 Å². The van der Waals surface area contributed by atoms with Gasteiger partial charge in [0, 0.05) is 22.1 Å². The Bertz CT molecular complexity index is 1330. The normalized spacial score (nSPS) is 10.3. The van der Waals surface area contributed by atoms with Crippen LogP contribution in [0.2, 0.25) is 0 Å². The summed E-state index contributed by atoms with van der Waals surface area (Å²) >= 11 is 0. The van der Waals surface area contributed by atoms with Crippen LogP contribution in [0, 0.1) is 0 Å². The largest absolute Gasteiger partial charge is 0.490 e. The van der Waals surface area contributed by atoms with Crippen molar-refractivity contribution >= 4 is 17.9 Å². The minimum absolute atomic E-state index is 0.237. The summed E-state index contributed by atoms with van der Waals surface area (Å²) in [4.78, 5) is 34.2. The van der Waals surface area contributed by atoms with Crippen LogP contribution >= 0.6 is 0 Å². The quantitative estimate of drug-likeness (QED) is 0.105. The van der Waals surface area contributed by atoms with E-state index >= 15 is 0 Å². The van der Waals surface area contributed by atoms with Crippen LogP contribution < -0.4 is 14.2 Å². The monoisotopic (exact) mass is 570 g/mol. The zero-order chi connectivity index (χ0) is 31.3. The van der Waals surface area contributed by atoms with Crippen LogP contribution in [0.3, 0.4) is 0 Å². The van der Waals surface area contributed by atoms with Gasteiger partial charge < -0.3 is 18.9 Å². The van der Waals surface area contributed by atoms with Crippen molar-refractivity contribution in [3.05, 3.63) is 126 Å². The Morgan fingerprint density at radius 2 is 0.976 bits per heavy atom. The molecule has 0 heterocycles. The smallest absolute Gasteiger partial charge is 0.338 e. The van der Waals surface area contributed by atoms with Gasteiger partial charge in [0.2, 0.25) is 0 Å². The summed E-state index contributed by atoms with van der Waals surface area (Å²) in [6.45, 7) is 20.2. The number of hydrogen-bond donors (Lipinski definition) is 0. The molecule has 0 N–H and O–H groups in total. The molecule has 0 aliphatic carbocycles. The maximum absolute atomic E-state index is 11.6. The molecule has 0 fully saturated rings. The number of rotatable bonds is 11. The number of carbonyl (C=O) groups excluding carboxylic acids is 3. The lowest BCUT2D eigenvalue weighted by Gasteiger charge is -2.26. The third-order valence-corrected chi connectivity index (χ3v) is 5.95. The van der Waals surface area contributed by atoms with Gasteiger partial charge in [-0.2, -0.15) is 0 Å². The Morgan fingerprint density at radius 3 is 1.36 bits per heavy atom. The van der Waals surface area contributed by atoms with Crippen LogP contribution in [-0.2, 0) is 24.5 Å². The van der Waals surface area contributed by atoms with Crippen LogP contribution in [0.4, 0.5) is 0 Å². The van der Waals surface area contributed by atoms with Gasteiger partial charge in [0.05, 0.1) is 0 Å². The Labute approximate surface area is 248 Å². The first kappa shape index (κ1) is 33.3. The number of para-hydroxylation sites is 1. The average Bonchev–Trinajstić information content (AvgIpc) is 2.96. The number of benzene rings is 3. The molecule has 220 valence electrons. The minimum atomic E-state index is -0.443. The third kappa shape index (κ3) is 10.6. The SMILES string of the molecule is C=C(C)C(=O)OCCOc1ccccc1.C=C(C)C(=O)Oc1ccc(C(C)(C)c2ccc(OC(=O)C(=C)C)cc2)cc1. The van der Waals surface area contributed by atoms with Crippen molar-refractivity contribution in [1.29, 1.82) is 0 Å². The standard InChI is InChI=1S/C23H24O4.C12H14O3/c1-15(2)21(24)26-19-11-7-17(8-12-19)23(5,6)18-9-13-20(14-10-18)27-22(25)16(3)4;1-10(2)12(13)15-9-8-14-11-6-4-3-5-7-11/h7-14H,1,3H2,2,4-6H3;3-7H,1,8-9H2,2H3. The van der Waals surface area contributed by atoms with Crippen molar-refractivity contribution in [3.63, 3.8) is 0 Å². The highest BCUT2D eigenvalue weighted by Crippen LogP contribution is 2.33. The molecule has 0 spiro atoms. The molecule has 0 atom stereocenters. The molecule has 0 aliphatic rings. The molecule has 0 radical (unpaired) electrons. The fraction of sp³-hybridized carbons (Fsp3) is 0.229. The second-order valence-electron chi connectivity index (χ2n) is 10.1. The van der Waals surface area contributed by atoms with Crippen LogP contribution in [0.1, 0.15) is 45.7 Å². The molecular formula is C35H38O7. The Morgan fingerprint density at radius 1 is 0.571 bits per heavy atom. The van der Waals surface area contributed by atoms with Gasteiger partial charge >= 0.3 is 17.9 Å². The molecule has 0 amide bonds. The Hall–Kier alpha value is -4.91. The summed E-state index contributed by atoms with van der Waals surface area (Å²) in [5, 5.41) is 0. The van der Waals surface area contributed by atoms with E-state index in [1.54, 1.807) is 45.0 Å². The van der Waals surface area contributed by atoms with Gasteiger partial charge in [0.25, 0.3) is 0 Å². The van der Waals surface area contributed by atoms with E-state index in [1.807, 2.05) is 54.6 Å². The molecule has 7 nitrogen and oxygen atoms in total. The van der Waals surface area contributed by atoms with Crippen molar-refractivity contribution in [2.24, 2.45) is 0 Å². The van der Waals surface area contributed by atoms with E-state index in [2.05, 4.69) is 33.6 Å². The van der Waals surface area contributed by atoms with Gasteiger partial charge in [0.15, 0.2) is 0 Å². The lowest BCUT2D eigenvalue weighted by molar-refractivity contribution is -0.139. The lowest BCUT2D eigenvalue weighted by Crippen LogP contribution is -2.19. The molecule has 0 aliphatic heterocycles. The molecule has 0 bridgehead atoms.